The van der Waals surface area contributed by atoms with Crippen molar-refractivity contribution >= 4 is 11.6 Å². The fourth-order valence-corrected chi connectivity index (χ4v) is 2.31. The molecular weight excluding hydrogens is 200 g/mol. The van der Waals surface area contributed by atoms with Crippen molar-refractivity contribution in [2.45, 2.75) is 36.7 Å². The predicted octanol–water partition coefficient (Wildman–Crippen LogP) is 1.35. The number of alkyl halides is 1. The molecule has 0 saturated heterocycles. The van der Waals surface area contributed by atoms with Crippen LogP contribution < -0.4 is 0 Å². The monoisotopic (exact) mass is 216 g/mol. The molecule has 1 unspecified atom stereocenters. The van der Waals surface area contributed by atoms with E-state index in [-0.39, 0.29) is 0 Å². The summed E-state index contributed by atoms with van der Waals surface area (Å²) in [4.78, 5) is 1.94. The van der Waals surface area contributed by atoms with Crippen molar-refractivity contribution < 1.29 is 5.11 Å². The molecule has 0 aromatic carbocycles. The van der Waals surface area contributed by atoms with Gasteiger partial charge >= 0.3 is 0 Å². The maximum atomic E-state index is 10.1. The van der Waals surface area contributed by atoms with Gasteiger partial charge in [-0.3, -0.25) is 0 Å². The van der Waals surface area contributed by atoms with Crippen LogP contribution in [0.25, 0.3) is 0 Å². The molecule has 1 rings (SSSR count). The number of halogens is 1. The smallest absolute Gasteiger partial charge is 0.133 e. The lowest BCUT2D eigenvalue weighted by Crippen LogP contribution is -2.41. The van der Waals surface area contributed by atoms with E-state index < -0.39 is 11.0 Å². The lowest BCUT2D eigenvalue weighted by Gasteiger charge is -2.28. The average molecular weight is 217 g/mol. The van der Waals surface area contributed by atoms with Crippen LogP contribution in [-0.2, 0) is 0 Å². The molecule has 0 aliphatic heterocycles. The highest BCUT2D eigenvalue weighted by molar-refractivity contribution is 6.22. The first-order valence-electron chi connectivity index (χ1n) is 5.00. The minimum atomic E-state index is -0.541. The molecule has 0 aromatic heterocycles. The Morgan fingerprint density at radius 1 is 1.57 bits per heavy atom. The topological polar surface area (TPSA) is 47.3 Å². The Labute approximate surface area is 90.3 Å². The summed E-state index contributed by atoms with van der Waals surface area (Å²) in [5.41, 5.74) is -0.541. The van der Waals surface area contributed by atoms with Crippen molar-refractivity contribution in [1.29, 1.82) is 5.26 Å². The fraction of sp³-hybridized carbons (Fsp3) is 0.900. The van der Waals surface area contributed by atoms with Crippen LogP contribution in [0.3, 0.4) is 0 Å². The van der Waals surface area contributed by atoms with Crippen LogP contribution in [0, 0.1) is 11.3 Å². The first-order valence-corrected chi connectivity index (χ1v) is 5.44. The van der Waals surface area contributed by atoms with Crippen LogP contribution in [0.4, 0.5) is 0 Å². The predicted molar refractivity (Wildman–Crippen MR) is 56.2 cm³/mol. The van der Waals surface area contributed by atoms with E-state index in [0.29, 0.717) is 13.1 Å². The first kappa shape index (κ1) is 11.8. The van der Waals surface area contributed by atoms with Gasteiger partial charge in [-0.05, 0) is 19.9 Å². The Balaban J connectivity index is 2.33. The van der Waals surface area contributed by atoms with Gasteiger partial charge in [0.2, 0.25) is 0 Å². The molecule has 1 aliphatic carbocycles. The van der Waals surface area contributed by atoms with Crippen LogP contribution in [0.15, 0.2) is 0 Å². The minimum Gasteiger partial charge on any atom is -0.389 e. The average Bonchev–Trinajstić information content (AvgIpc) is 2.51. The van der Waals surface area contributed by atoms with Gasteiger partial charge in [0.15, 0.2) is 0 Å². The quantitative estimate of drug-likeness (QED) is 0.722. The molecule has 4 heteroatoms. The summed E-state index contributed by atoms with van der Waals surface area (Å²) in [7, 11) is 1.89. The van der Waals surface area contributed by atoms with E-state index in [1.54, 1.807) is 0 Å². The lowest BCUT2D eigenvalue weighted by atomic mass is 10.0. The molecule has 1 saturated carbocycles. The molecule has 1 aliphatic rings. The van der Waals surface area contributed by atoms with Crippen molar-refractivity contribution in [3.8, 4) is 6.07 Å². The Morgan fingerprint density at radius 3 is 2.64 bits per heavy atom. The number of aliphatic hydroxyl groups is 1. The number of nitriles is 1. The zero-order valence-corrected chi connectivity index (χ0v) is 9.30. The third kappa shape index (κ3) is 3.45. The lowest BCUT2D eigenvalue weighted by molar-refractivity contribution is 0.0171. The molecule has 80 valence electrons. The van der Waals surface area contributed by atoms with E-state index in [0.717, 1.165) is 25.7 Å². The molecule has 0 radical (unpaired) electrons. The van der Waals surface area contributed by atoms with E-state index in [2.05, 4.69) is 0 Å². The van der Waals surface area contributed by atoms with E-state index in [9.17, 15) is 5.11 Å². The second kappa shape index (κ2) is 4.97. The van der Waals surface area contributed by atoms with Crippen molar-refractivity contribution in [2.24, 2.45) is 0 Å². The van der Waals surface area contributed by atoms with Gasteiger partial charge < -0.3 is 10.0 Å². The first-order chi connectivity index (χ1) is 6.56. The number of hydrogen-bond acceptors (Lipinski definition) is 3. The zero-order valence-electron chi connectivity index (χ0n) is 8.54. The number of nitrogens with zero attached hydrogens (tertiary/aromatic N) is 2. The highest BCUT2D eigenvalue weighted by Gasteiger charge is 2.32. The van der Waals surface area contributed by atoms with Crippen LogP contribution >= 0.6 is 11.6 Å². The van der Waals surface area contributed by atoms with Gasteiger partial charge in [0.05, 0.1) is 11.7 Å². The zero-order chi connectivity index (χ0) is 10.6. The van der Waals surface area contributed by atoms with Crippen molar-refractivity contribution in [1.82, 2.24) is 4.90 Å². The molecule has 1 atom stereocenters. The minimum absolute atomic E-state index is 0.481. The van der Waals surface area contributed by atoms with Crippen LogP contribution in [-0.4, -0.2) is 41.1 Å². The van der Waals surface area contributed by atoms with Crippen LogP contribution in [0.5, 0.6) is 0 Å². The number of likely N-dealkylation sites (N-methyl/N-ethyl adjacent to an activating group) is 1. The molecule has 1 fully saturated rings. The second-order valence-corrected chi connectivity index (χ2v) is 4.75. The maximum absolute atomic E-state index is 10.1. The Hall–Kier alpha value is -0.300. The Kier molecular flexibility index (Phi) is 4.18. The van der Waals surface area contributed by atoms with Gasteiger partial charge in [0.1, 0.15) is 5.38 Å². The fourth-order valence-electron chi connectivity index (χ4n) is 2.07. The summed E-state index contributed by atoms with van der Waals surface area (Å²) in [5.74, 6) is 0. The van der Waals surface area contributed by atoms with Gasteiger partial charge in [-0.1, -0.05) is 12.8 Å². The molecule has 3 nitrogen and oxygen atoms in total. The summed E-state index contributed by atoms with van der Waals surface area (Å²) in [6, 6.07) is 1.98. The molecule has 1 N–H and O–H groups in total. The summed E-state index contributed by atoms with van der Waals surface area (Å²) in [6.07, 6.45) is 3.95. The van der Waals surface area contributed by atoms with Gasteiger partial charge in [0, 0.05) is 13.1 Å². The summed E-state index contributed by atoms with van der Waals surface area (Å²) in [6.45, 7) is 1.14. The van der Waals surface area contributed by atoms with Crippen molar-refractivity contribution in [3.63, 3.8) is 0 Å². The van der Waals surface area contributed by atoms with Crippen LogP contribution in [0.1, 0.15) is 25.7 Å². The van der Waals surface area contributed by atoms with Gasteiger partial charge in [-0.2, -0.15) is 5.26 Å². The van der Waals surface area contributed by atoms with Crippen molar-refractivity contribution in [3.05, 3.63) is 0 Å². The van der Waals surface area contributed by atoms with E-state index >= 15 is 0 Å². The molecule has 0 bridgehead atoms. The SMILES string of the molecule is CN(CC(Cl)C#N)CC1(O)CCCC1. The van der Waals surface area contributed by atoms with Gasteiger partial charge in [-0.25, -0.2) is 0 Å². The molecular formula is C10H17ClN2O. The van der Waals surface area contributed by atoms with E-state index in [1.165, 1.54) is 0 Å². The Morgan fingerprint density at radius 2 is 2.14 bits per heavy atom. The van der Waals surface area contributed by atoms with Crippen LogP contribution in [0.2, 0.25) is 0 Å². The highest BCUT2D eigenvalue weighted by atomic mass is 35.5. The largest absolute Gasteiger partial charge is 0.389 e. The third-order valence-corrected chi connectivity index (χ3v) is 2.95. The van der Waals surface area contributed by atoms with Gasteiger partial charge in [-0.15, -0.1) is 11.6 Å². The molecule has 0 spiro atoms. The standard InChI is InChI=1S/C10H17ClN2O/c1-13(7-9(11)6-12)8-10(14)4-2-3-5-10/h9,14H,2-5,7-8H2,1H3. The number of rotatable bonds is 4. The van der Waals surface area contributed by atoms with E-state index in [4.69, 9.17) is 16.9 Å². The Bertz CT molecular complexity index is 221. The maximum Gasteiger partial charge on any atom is 0.133 e. The normalized spacial score (nSPS) is 22.2. The second-order valence-electron chi connectivity index (χ2n) is 4.22. The molecule has 0 heterocycles. The molecule has 0 amide bonds. The third-order valence-electron chi connectivity index (χ3n) is 2.71. The highest BCUT2D eigenvalue weighted by Crippen LogP contribution is 2.29. The molecule has 0 aromatic rings. The van der Waals surface area contributed by atoms with E-state index in [1.807, 2.05) is 18.0 Å². The summed E-state index contributed by atoms with van der Waals surface area (Å²) < 4.78 is 0. The van der Waals surface area contributed by atoms with Gasteiger partial charge in [0.25, 0.3) is 0 Å². The summed E-state index contributed by atoms with van der Waals surface area (Å²) in [5, 5.41) is 18.1. The summed E-state index contributed by atoms with van der Waals surface area (Å²) >= 11 is 5.71. The molecule has 14 heavy (non-hydrogen) atoms. The van der Waals surface area contributed by atoms with Crippen molar-refractivity contribution in [2.75, 3.05) is 20.1 Å². The number of hydrogen-bond donors (Lipinski definition) is 1.